The molecule has 0 bridgehead atoms. The summed E-state index contributed by atoms with van der Waals surface area (Å²) in [5, 5.41) is 11.9. The molecular weight excluding hydrogens is 276 g/mol. The standard InChI is InChI=1S/C14H20N2O5/c1-2-16(12-9-20-8-11(12)14(18)19)7-13(17)15-6-10-4-3-5-21-10/h3-5,11-12H,2,6-9H2,1H3,(H,15,17)(H,18,19). The third kappa shape index (κ3) is 4.05. The highest BCUT2D eigenvalue weighted by Gasteiger charge is 2.37. The van der Waals surface area contributed by atoms with Gasteiger partial charge in [-0.05, 0) is 18.7 Å². The Morgan fingerprint density at radius 1 is 1.48 bits per heavy atom. The molecule has 1 saturated heterocycles. The maximum Gasteiger partial charge on any atom is 0.310 e. The zero-order chi connectivity index (χ0) is 15.2. The van der Waals surface area contributed by atoms with Crippen LogP contribution in [0, 0.1) is 5.92 Å². The fraction of sp³-hybridized carbons (Fsp3) is 0.571. The van der Waals surface area contributed by atoms with E-state index in [4.69, 9.17) is 9.15 Å². The van der Waals surface area contributed by atoms with Gasteiger partial charge in [-0.25, -0.2) is 0 Å². The van der Waals surface area contributed by atoms with Crippen LogP contribution in [0.5, 0.6) is 0 Å². The van der Waals surface area contributed by atoms with Crippen LogP contribution in [0.25, 0.3) is 0 Å². The smallest absolute Gasteiger partial charge is 0.310 e. The van der Waals surface area contributed by atoms with Gasteiger partial charge in [0.1, 0.15) is 5.76 Å². The molecule has 1 aromatic rings. The lowest BCUT2D eigenvalue weighted by atomic mass is 10.0. The molecule has 1 fully saturated rings. The van der Waals surface area contributed by atoms with Crippen molar-refractivity contribution in [2.24, 2.45) is 5.92 Å². The summed E-state index contributed by atoms with van der Waals surface area (Å²) in [5.74, 6) is -0.946. The largest absolute Gasteiger partial charge is 0.481 e. The Bertz CT molecular complexity index is 474. The molecule has 0 aromatic carbocycles. The van der Waals surface area contributed by atoms with Gasteiger partial charge in [-0.2, -0.15) is 0 Å². The molecule has 21 heavy (non-hydrogen) atoms. The molecule has 0 radical (unpaired) electrons. The Morgan fingerprint density at radius 3 is 2.90 bits per heavy atom. The van der Waals surface area contributed by atoms with Gasteiger partial charge in [0.05, 0.1) is 38.5 Å². The Balaban J connectivity index is 1.86. The molecule has 2 N–H and O–H groups in total. The first-order valence-electron chi connectivity index (χ1n) is 6.95. The van der Waals surface area contributed by atoms with E-state index in [1.807, 2.05) is 11.8 Å². The average molecular weight is 296 g/mol. The van der Waals surface area contributed by atoms with Crippen LogP contribution in [-0.4, -0.2) is 54.2 Å². The van der Waals surface area contributed by atoms with E-state index < -0.39 is 11.9 Å². The second-order valence-electron chi connectivity index (χ2n) is 4.97. The number of carboxylic acids is 1. The lowest BCUT2D eigenvalue weighted by molar-refractivity contribution is -0.143. The van der Waals surface area contributed by atoms with Gasteiger partial charge in [-0.15, -0.1) is 0 Å². The van der Waals surface area contributed by atoms with Gasteiger partial charge in [0.15, 0.2) is 0 Å². The molecule has 7 heteroatoms. The molecule has 2 rings (SSSR count). The summed E-state index contributed by atoms with van der Waals surface area (Å²) in [5.41, 5.74) is 0. The van der Waals surface area contributed by atoms with E-state index in [9.17, 15) is 14.7 Å². The SMILES string of the molecule is CCN(CC(=O)NCc1ccco1)C1COCC1C(=O)O. The van der Waals surface area contributed by atoms with Crippen molar-refractivity contribution in [2.75, 3.05) is 26.3 Å². The number of furan rings is 1. The minimum atomic E-state index is -0.882. The van der Waals surface area contributed by atoms with E-state index in [2.05, 4.69) is 5.32 Å². The molecule has 2 unspecified atom stereocenters. The highest BCUT2D eigenvalue weighted by molar-refractivity contribution is 5.78. The number of nitrogens with one attached hydrogen (secondary N) is 1. The summed E-state index contributed by atoms with van der Waals surface area (Å²) >= 11 is 0. The summed E-state index contributed by atoms with van der Waals surface area (Å²) in [6.07, 6.45) is 1.55. The number of carbonyl (C=O) groups excluding carboxylic acids is 1. The predicted octanol–water partition coefficient (Wildman–Crippen LogP) is 0.317. The van der Waals surface area contributed by atoms with Gasteiger partial charge < -0.3 is 19.6 Å². The Kier molecular flexibility index (Phi) is 5.35. The fourth-order valence-electron chi connectivity index (χ4n) is 2.44. The molecule has 1 aliphatic rings. The van der Waals surface area contributed by atoms with Crippen LogP contribution in [0.3, 0.4) is 0 Å². The molecule has 1 amide bonds. The van der Waals surface area contributed by atoms with Crippen molar-refractivity contribution in [3.05, 3.63) is 24.2 Å². The molecule has 7 nitrogen and oxygen atoms in total. The summed E-state index contributed by atoms with van der Waals surface area (Å²) in [6.45, 7) is 3.51. The normalized spacial score (nSPS) is 21.6. The van der Waals surface area contributed by atoms with Crippen LogP contribution in [0.15, 0.2) is 22.8 Å². The number of rotatable bonds is 7. The number of amides is 1. The lowest BCUT2D eigenvalue weighted by Gasteiger charge is -2.28. The van der Waals surface area contributed by atoms with Crippen molar-refractivity contribution < 1.29 is 23.8 Å². The number of likely N-dealkylation sites (N-methyl/N-ethyl adjacent to an activating group) is 1. The zero-order valence-electron chi connectivity index (χ0n) is 11.9. The van der Waals surface area contributed by atoms with E-state index >= 15 is 0 Å². The summed E-state index contributed by atoms with van der Waals surface area (Å²) in [6, 6.07) is 3.28. The zero-order valence-corrected chi connectivity index (χ0v) is 11.9. The minimum absolute atomic E-state index is 0.148. The predicted molar refractivity (Wildman–Crippen MR) is 73.5 cm³/mol. The first-order chi connectivity index (χ1) is 10.1. The van der Waals surface area contributed by atoms with Crippen LogP contribution in [0.1, 0.15) is 12.7 Å². The average Bonchev–Trinajstić information content (AvgIpc) is 3.13. The number of hydrogen-bond donors (Lipinski definition) is 2. The Morgan fingerprint density at radius 2 is 2.29 bits per heavy atom. The van der Waals surface area contributed by atoms with Crippen molar-refractivity contribution in [3.63, 3.8) is 0 Å². The minimum Gasteiger partial charge on any atom is -0.481 e. The van der Waals surface area contributed by atoms with E-state index in [0.717, 1.165) is 0 Å². The Hall–Kier alpha value is -1.86. The van der Waals surface area contributed by atoms with Gasteiger partial charge in [-0.1, -0.05) is 6.92 Å². The highest BCUT2D eigenvalue weighted by atomic mass is 16.5. The summed E-state index contributed by atoms with van der Waals surface area (Å²) in [4.78, 5) is 25.0. The van der Waals surface area contributed by atoms with Gasteiger partial charge >= 0.3 is 5.97 Å². The highest BCUT2D eigenvalue weighted by Crippen LogP contribution is 2.19. The van der Waals surface area contributed by atoms with E-state index in [0.29, 0.717) is 25.5 Å². The summed E-state index contributed by atoms with van der Waals surface area (Å²) in [7, 11) is 0. The maximum absolute atomic E-state index is 12.0. The van der Waals surface area contributed by atoms with Crippen LogP contribution in [0.4, 0.5) is 0 Å². The van der Waals surface area contributed by atoms with Crippen molar-refractivity contribution in [1.82, 2.24) is 10.2 Å². The Labute approximate surface area is 122 Å². The van der Waals surface area contributed by atoms with Gasteiger partial charge in [-0.3, -0.25) is 14.5 Å². The maximum atomic E-state index is 12.0. The number of hydrogen-bond acceptors (Lipinski definition) is 5. The second kappa shape index (κ2) is 7.24. The molecule has 1 aromatic heterocycles. The number of carboxylic acid groups (broad SMARTS) is 1. The molecule has 2 heterocycles. The number of nitrogens with zero attached hydrogens (tertiary/aromatic N) is 1. The second-order valence-corrected chi connectivity index (χ2v) is 4.97. The molecule has 0 spiro atoms. The third-order valence-electron chi connectivity index (χ3n) is 3.63. The van der Waals surface area contributed by atoms with Gasteiger partial charge in [0.25, 0.3) is 0 Å². The van der Waals surface area contributed by atoms with E-state index in [-0.39, 0.29) is 25.1 Å². The number of carbonyl (C=O) groups is 2. The fourth-order valence-corrected chi connectivity index (χ4v) is 2.44. The molecule has 0 aliphatic carbocycles. The molecule has 0 saturated carbocycles. The van der Waals surface area contributed by atoms with Gasteiger partial charge in [0.2, 0.25) is 5.91 Å². The van der Waals surface area contributed by atoms with Crippen molar-refractivity contribution in [1.29, 1.82) is 0 Å². The number of ether oxygens (including phenoxy) is 1. The van der Waals surface area contributed by atoms with Crippen LogP contribution in [-0.2, 0) is 20.9 Å². The molecular formula is C14H20N2O5. The van der Waals surface area contributed by atoms with Crippen molar-refractivity contribution in [3.8, 4) is 0 Å². The lowest BCUT2D eigenvalue weighted by Crippen LogP contribution is -2.47. The van der Waals surface area contributed by atoms with Gasteiger partial charge in [0, 0.05) is 6.04 Å². The summed E-state index contributed by atoms with van der Waals surface area (Å²) < 4.78 is 10.4. The molecule has 116 valence electrons. The molecule has 2 atom stereocenters. The van der Waals surface area contributed by atoms with Crippen molar-refractivity contribution in [2.45, 2.75) is 19.5 Å². The monoisotopic (exact) mass is 296 g/mol. The third-order valence-corrected chi connectivity index (χ3v) is 3.63. The quantitative estimate of drug-likeness (QED) is 0.753. The molecule has 1 aliphatic heterocycles. The topological polar surface area (TPSA) is 92.0 Å². The van der Waals surface area contributed by atoms with Crippen molar-refractivity contribution >= 4 is 11.9 Å². The van der Waals surface area contributed by atoms with Crippen LogP contribution in [0.2, 0.25) is 0 Å². The van der Waals surface area contributed by atoms with Crippen LogP contribution < -0.4 is 5.32 Å². The first-order valence-corrected chi connectivity index (χ1v) is 6.95. The first kappa shape index (κ1) is 15.5. The van der Waals surface area contributed by atoms with Crippen LogP contribution >= 0.6 is 0 Å². The van der Waals surface area contributed by atoms with E-state index in [1.54, 1.807) is 18.4 Å². The van der Waals surface area contributed by atoms with E-state index in [1.165, 1.54) is 0 Å². The number of aliphatic carboxylic acids is 1.